The number of hydrogen-bond donors (Lipinski definition) is 0. The van der Waals surface area contributed by atoms with E-state index in [-0.39, 0.29) is 71.0 Å². The van der Waals surface area contributed by atoms with Crippen LogP contribution < -0.4 is 70.3 Å². The van der Waals surface area contributed by atoms with E-state index in [4.69, 9.17) is 115 Å². The van der Waals surface area contributed by atoms with Crippen molar-refractivity contribution in [1.29, 1.82) is 0 Å². The quantitative estimate of drug-likeness (QED) is 0.191. The molecule has 5 aliphatic rings. The summed E-state index contributed by atoms with van der Waals surface area (Å²) in [6.07, 6.45) is 5.69. The van der Waals surface area contributed by atoms with Gasteiger partial charge in [-0.25, -0.2) is 0 Å². The fraction of sp³-hybridized carbons (Fsp3) is 0.333. The van der Waals surface area contributed by atoms with Crippen LogP contribution in [0.15, 0.2) is 42.5 Å². The molecule has 12 rings (SSSR count). The van der Waals surface area contributed by atoms with Crippen molar-refractivity contribution in [2.24, 2.45) is 35.5 Å². The van der Waals surface area contributed by atoms with Gasteiger partial charge in [-0.2, -0.15) is 0 Å². The Kier molecular flexibility index (Phi) is 10.9. The molecule has 3 fully saturated rings. The Hall–Kier alpha value is -4.11. The van der Waals surface area contributed by atoms with Crippen LogP contribution in [0.3, 0.4) is 0 Å². The highest BCUT2D eigenvalue weighted by Crippen LogP contribution is 2.65. The minimum atomic E-state index is -1.04. The lowest BCUT2D eigenvalue weighted by molar-refractivity contribution is -0.00113. The molecular weight excluding hydrogens is 808 g/mol. The highest BCUT2D eigenvalue weighted by Gasteiger charge is 2.58. The summed E-state index contributed by atoms with van der Waals surface area (Å²) in [6.45, 7) is 9.60. The maximum absolute atomic E-state index is 7.68. The van der Waals surface area contributed by atoms with Gasteiger partial charge >= 0.3 is 0 Å². The summed E-state index contributed by atoms with van der Waals surface area (Å²) in [5.41, 5.74) is 6.70. The number of aromatic nitrogens is 2. The largest absolute Gasteiger partial charge is 0.457 e. The van der Waals surface area contributed by atoms with Crippen molar-refractivity contribution in [1.82, 2.24) is 9.13 Å². The lowest BCUT2D eigenvalue weighted by Gasteiger charge is -2.59. The Labute approximate surface area is 419 Å². The van der Waals surface area contributed by atoms with Gasteiger partial charge in [-0.15, -0.1) is 32.8 Å². The van der Waals surface area contributed by atoms with Gasteiger partial charge in [0.05, 0.1) is 7.85 Å². The van der Waals surface area contributed by atoms with Crippen LogP contribution in [0.1, 0.15) is 88.0 Å². The summed E-state index contributed by atoms with van der Waals surface area (Å²) in [5, 5.41) is 1.18. The van der Waals surface area contributed by atoms with Crippen molar-refractivity contribution in [3.63, 3.8) is 0 Å². The molecule has 2 aromatic heterocycles. The molecule has 5 aromatic carbocycles. The fourth-order valence-electron chi connectivity index (χ4n) is 14.1. The summed E-state index contributed by atoms with van der Waals surface area (Å²) in [4.78, 5) is 0. The predicted octanol–water partition coefficient (Wildman–Crippen LogP) is -1.87. The van der Waals surface area contributed by atoms with E-state index in [0.29, 0.717) is 85.2 Å². The van der Waals surface area contributed by atoms with Gasteiger partial charge in [0.2, 0.25) is 0 Å². The molecule has 1 aliphatic heterocycles. The molecule has 1 spiro atoms. The lowest BCUT2D eigenvalue weighted by Crippen LogP contribution is -2.54. The SMILES string of the molecule is [B]C1=C(n2c3c([B])c([B])c([B])c([B])c3c3c([B])c([B])c([B])c([B])c32)C([B])c2c1c1c([B])c([B])c([B])c([B])c1n2-c1ccc2c(c1)C1(c3ccccc3O2)C(CC(C)C)CCC2CC(C)C1C(C)C2. The van der Waals surface area contributed by atoms with Crippen molar-refractivity contribution in [3.05, 3.63) is 64.8 Å². The first-order chi connectivity index (χ1) is 32.2. The molecule has 0 N–H and O–H groups in total. The van der Waals surface area contributed by atoms with Gasteiger partial charge in [-0.05, 0) is 107 Å². The highest BCUT2D eigenvalue weighted by atomic mass is 16.5. The summed E-state index contributed by atoms with van der Waals surface area (Å²) < 4.78 is 10.7. The average molecular weight is 844 g/mol. The zero-order valence-corrected chi connectivity index (χ0v) is 39.0. The molecule has 298 valence electrons. The van der Waals surface area contributed by atoms with Crippen molar-refractivity contribution < 1.29 is 4.74 Å². The van der Waals surface area contributed by atoms with E-state index >= 15 is 0 Å². The maximum Gasteiger partial charge on any atom is 0.131 e. The molecule has 3 nitrogen and oxygen atoms in total. The second-order valence-corrected chi connectivity index (χ2v) is 20.7. The van der Waals surface area contributed by atoms with Crippen molar-refractivity contribution in [2.75, 3.05) is 0 Å². The Morgan fingerprint density at radius 1 is 0.588 bits per heavy atom. The number of nitrogens with zero attached hydrogens (tertiary/aromatic N) is 2. The Morgan fingerprint density at radius 2 is 1.09 bits per heavy atom. The third-order valence-electron chi connectivity index (χ3n) is 16.6. The molecule has 5 atom stereocenters. The van der Waals surface area contributed by atoms with Gasteiger partial charge < -0.3 is 13.9 Å². The van der Waals surface area contributed by atoms with Crippen molar-refractivity contribution in [2.45, 2.75) is 71.0 Å². The minimum absolute atomic E-state index is 0.0458. The molecule has 7 aromatic rings. The fourth-order valence-corrected chi connectivity index (χ4v) is 14.1. The number of fused-ring (bicyclic) bond motifs is 12. The van der Waals surface area contributed by atoms with Crippen LogP contribution in [-0.2, 0) is 5.41 Å². The van der Waals surface area contributed by atoms with Crippen LogP contribution >= 0.6 is 0 Å². The third kappa shape index (κ3) is 5.92. The standard InChI is InChI=1S/C51H36B14N2O/c1-17(2)13-21-10-9-20-14-18(3)31(19(4)15-20)51(21)23-7-5-6-8-25(23)68-26-12-11-22(16-24(26)51)66-46-29(34(54)38(58)39(59)42(46)62)30-35(55)50(45(65)49(30)66)67-47-27(32(52)36(56)40(60)43(47)63)28-33(53)37(57)41(61)44(64)48(28)67/h5-8,11-12,16-21,31,45H,9-10,13-15H2,1-4H3. The Bertz CT molecular complexity index is 3340. The van der Waals surface area contributed by atoms with Gasteiger partial charge in [0.15, 0.2) is 0 Å². The Morgan fingerprint density at radius 3 is 1.65 bits per heavy atom. The number of ether oxygens (including phenoxy) is 1. The topological polar surface area (TPSA) is 19.1 Å². The van der Waals surface area contributed by atoms with Gasteiger partial charge in [-0.3, -0.25) is 0 Å². The third-order valence-corrected chi connectivity index (χ3v) is 16.6. The summed E-state index contributed by atoms with van der Waals surface area (Å²) in [7, 11) is 96.3. The molecule has 3 saturated carbocycles. The number of rotatable bonds is 4. The number of para-hydroxylation sites is 1. The van der Waals surface area contributed by atoms with Gasteiger partial charge in [-0.1, -0.05) is 90.6 Å². The van der Waals surface area contributed by atoms with E-state index in [1.807, 2.05) is 10.6 Å². The predicted molar refractivity (Wildman–Crippen MR) is 299 cm³/mol. The molecule has 17 heteroatoms. The molecule has 2 bridgehead atoms. The second kappa shape index (κ2) is 16.0. The number of benzene rings is 5. The zero-order valence-electron chi connectivity index (χ0n) is 39.0. The highest BCUT2D eigenvalue weighted by molar-refractivity contribution is 6.72. The Balaban J connectivity index is 1.25. The van der Waals surface area contributed by atoms with Crippen molar-refractivity contribution >= 4 is 219 Å². The molecule has 4 aliphatic carbocycles. The molecule has 68 heavy (non-hydrogen) atoms. The monoisotopic (exact) mass is 846 g/mol. The van der Waals surface area contributed by atoms with Crippen LogP contribution in [0.2, 0.25) is 0 Å². The molecule has 0 amide bonds. The summed E-state index contributed by atoms with van der Waals surface area (Å²) >= 11 is 0. The van der Waals surface area contributed by atoms with Crippen LogP contribution in [0, 0.1) is 35.5 Å². The van der Waals surface area contributed by atoms with Crippen LogP contribution in [0.5, 0.6) is 11.5 Å². The zero-order chi connectivity index (χ0) is 48.5. The number of hydrogen-bond acceptors (Lipinski definition) is 1. The summed E-state index contributed by atoms with van der Waals surface area (Å²) in [6, 6.07) is 15.0. The first-order valence-corrected chi connectivity index (χ1v) is 23.5. The van der Waals surface area contributed by atoms with Crippen molar-refractivity contribution in [3.8, 4) is 17.2 Å². The van der Waals surface area contributed by atoms with E-state index in [0.717, 1.165) is 35.6 Å². The molecule has 28 radical (unpaired) electrons. The lowest BCUT2D eigenvalue weighted by atomic mass is 9.46. The molecular formula is C51H36B14N2O. The van der Waals surface area contributed by atoms with Gasteiger partial charge in [0.1, 0.15) is 114 Å². The first-order valence-electron chi connectivity index (χ1n) is 23.5. The maximum atomic E-state index is 7.68. The van der Waals surface area contributed by atoms with Crippen LogP contribution in [0.25, 0.3) is 49.6 Å². The molecule has 5 unspecified atom stereocenters. The van der Waals surface area contributed by atoms with E-state index in [1.165, 1.54) is 24.8 Å². The minimum Gasteiger partial charge on any atom is -0.457 e. The second-order valence-electron chi connectivity index (χ2n) is 20.7. The van der Waals surface area contributed by atoms with E-state index in [1.54, 1.807) is 4.57 Å². The van der Waals surface area contributed by atoms with Crippen LogP contribution in [-0.4, -0.2) is 119 Å². The molecule has 3 heterocycles. The smallest absolute Gasteiger partial charge is 0.131 e. The van der Waals surface area contributed by atoms with E-state index < -0.39 is 11.2 Å². The van der Waals surface area contributed by atoms with Crippen LogP contribution in [0.4, 0.5) is 0 Å². The number of allylic oxidation sites excluding steroid dienone is 1. The average Bonchev–Trinajstić information content (AvgIpc) is 3.93. The van der Waals surface area contributed by atoms with Gasteiger partial charge in [0.25, 0.3) is 0 Å². The van der Waals surface area contributed by atoms with E-state index in [9.17, 15) is 0 Å². The summed E-state index contributed by atoms with van der Waals surface area (Å²) in [5.74, 6) is 3.34. The first kappa shape index (κ1) is 46.3. The molecule has 0 saturated heterocycles. The van der Waals surface area contributed by atoms with Gasteiger partial charge in [0, 0.05) is 56.0 Å². The van der Waals surface area contributed by atoms with E-state index in [2.05, 4.69) is 64.1 Å². The normalized spacial score (nSPS) is 24.2.